The Bertz CT molecular complexity index is 630. The highest BCUT2D eigenvalue weighted by atomic mass is 32.2. The molecule has 0 atom stereocenters. The van der Waals surface area contributed by atoms with Gasteiger partial charge in [0.1, 0.15) is 0 Å². The second-order valence-electron chi connectivity index (χ2n) is 6.39. The van der Waals surface area contributed by atoms with Gasteiger partial charge < -0.3 is 5.32 Å². The van der Waals surface area contributed by atoms with Crippen molar-refractivity contribution in [1.29, 1.82) is 0 Å². The molecule has 1 aromatic carbocycles. The summed E-state index contributed by atoms with van der Waals surface area (Å²) in [5, 5.41) is 2.98. The van der Waals surface area contributed by atoms with E-state index < -0.39 is 15.4 Å². The van der Waals surface area contributed by atoms with E-state index in [4.69, 9.17) is 0 Å². The largest absolute Gasteiger partial charge is 0.352 e. The third kappa shape index (κ3) is 4.08. The van der Waals surface area contributed by atoms with Gasteiger partial charge in [-0.15, -0.1) is 0 Å². The second kappa shape index (κ2) is 6.38. The summed E-state index contributed by atoms with van der Waals surface area (Å²) in [4.78, 5) is 12.4. The van der Waals surface area contributed by atoms with E-state index in [1.54, 1.807) is 0 Å². The fraction of sp³-hybridized carbons (Fsp3) is 0.562. The summed E-state index contributed by atoms with van der Waals surface area (Å²) in [5.74, 6) is 0.00114. The van der Waals surface area contributed by atoms with Gasteiger partial charge in [-0.05, 0) is 25.3 Å². The number of aryl methyl sites for hydroxylation is 1. The Balaban J connectivity index is 1.91. The first-order valence-corrected chi connectivity index (χ1v) is 9.34. The molecule has 0 saturated carbocycles. The van der Waals surface area contributed by atoms with E-state index in [9.17, 15) is 13.2 Å². The maximum Gasteiger partial charge on any atom is 0.226 e. The number of sulfonamides is 1. The minimum atomic E-state index is -3.16. The summed E-state index contributed by atoms with van der Waals surface area (Å²) in [6, 6.07) is 8.05. The van der Waals surface area contributed by atoms with Gasteiger partial charge in [0.15, 0.2) is 0 Å². The van der Waals surface area contributed by atoms with Crippen LogP contribution in [0.1, 0.15) is 30.9 Å². The SMILES string of the molecule is Cc1ccc(CNC(=O)C2(C)CCN(S(C)(=O)=O)CC2)cc1. The molecule has 122 valence electrons. The van der Waals surface area contributed by atoms with Gasteiger partial charge in [0.25, 0.3) is 0 Å². The summed E-state index contributed by atoms with van der Waals surface area (Å²) < 4.78 is 24.5. The van der Waals surface area contributed by atoms with Crippen LogP contribution in [-0.2, 0) is 21.4 Å². The molecule has 0 aliphatic carbocycles. The van der Waals surface area contributed by atoms with Crippen LogP contribution in [0.15, 0.2) is 24.3 Å². The van der Waals surface area contributed by atoms with Gasteiger partial charge in [0.2, 0.25) is 15.9 Å². The Kier molecular flexibility index (Phi) is 4.92. The van der Waals surface area contributed by atoms with Crippen LogP contribution in [0.4, 0.5) is 0 Å². The van der Waals surface area contributed by atoms with Crippen LogP contribution >= 0.6 is 0 Å². The highest BCUT2D eigenvalue weighted by molar-refractivity contribution is 7.88. The van der Waals surface area contributed by atoms with Gasteiger partial charge in [-0.1, -0.05) is 36.8 Å². The number of nitrogens with one attached hydrogen (secondary N) is 1. The minimum absolute atomic E-state index is 0.00114. The van der Waals surface area contributed by atoms with Crippen molar-refractivity contribution in [2.45, 2.75) is 33.2 Å². The maximum atomic E-state index is 12.4. The van der Waals surface area contributed by atoms with E-state index in [1.807, 2.05) is 38.1 Å². The summed E-state index contributed by atoms with van der Waals surface area (Å²) in [7, 11) is -3.16. The van der Waals surface area contributed by atoms with Gasteiger partial charge in [-0.2, -0.15) is 0 Å². The quantitative estimate of drug-likeness (QED) is 0.916. The van der Waals surface area contributed by atoms with E-state index in [2.05, 4.69) is 5.32 Å². The summed E-state index contributed by atoms with van der Waals surface area (Å²) in [6.45, 7) is 5.26. The lowest BCUT2D eigenvalue weighted by atomic mass is 9.80. The van der Waals surface area contributed by atoms with E-state index in [0.29, 0.717) is 32.5 Å². The van der Waals surface area contributed by atoms with Crippen LogP contribution in [-0.4, -0.2) is 38.0 Å². The monoisotopic (exact) mass is 324 g/mol. The van der Waals surface area contributed by atoms with Crippen LogP contribution in [0.5, 0.6) is 0 Å². The van der Waals surface area contributed by atoms with E-state index in [-0.39, 0.29) is 5.91 Å². The minimum Gasteiger partial charge on any atom is -0.352 e. The molecule has 0 bridgehead atoms. The Labute approximate surface area is 132 Å². The predicted molar refractivity (Wildman–Crippen MR) is 86.8 cm³/mol. The number of hydrogen-bond acceptors (Lipinski definition) is 3. The molecule has 1 fully saturated rings. The number of carbonyl (C=O) groups excluding carboxylic acids is 1. The zero-order valence-corrected chi connectivity index (χ0v) is 14.2. The molecule has 0 spiro atoms. The normalized spacial score (nSPS) is 18.9. The molecule has 0 aromatic heterocycles. The number of rotatable bonds is 4. The lowest BCUT2D eigenvalue weighted by Crippen LogP contribution is -2.48. The average molecular weight is 324 g/mol. The zero-order chi connectivity index (χ0) is 16.4. The summed E-state index contributed by atoms with van der Waals surface area (Å²) >= 11 is 0. The molecule has 1 N–H and O–H groups in total. The number of piperidine rings is 1. The van der Waals surface area contributed by atoms with Crippen LogP contribution < -0.4 is 5.32 Å². The molecule has 1 aromatic rings. The van der Waals surface area contributed by atoms with Crippen molar-refractivity contribution in [1.82, 2.24) is 9.62 Å². The van der Waals surface area contributed by atoms with Crippen molar-refractivity contribution in [3.8, 4) is 0 Å². The Hall–Kier alpha value is -1.40. The van der Waals surface area contributed by atoms with E-state index in [0.717, 1.165) is 5.56 Å². The Morgan fingerprint density at radius 2 is 1.77 bits per heavy atom. The lowest BCUT2D eigenvalue weighted by molar-refractivity contribution is -0.132. The molecule has 1 aliphatic heterocycles. The molecule has 1 saturated heterocycles. The third-order valence-corrected chi connectivity index (χ3v) is 5.72. The van der Waals surface area contributed by atoms with Crippen LogP contribution in [0, 0.1) is 12.3 Å². The smallest absolute Gasteiger partial charge is 0.226 e. The van der Waals surface area contributed by atoms with Crippen LogP contribution in [0.2, 0.25) is 0 Å². The average Bonchev–Trinajstić information content (AvgIpc) is 2.46. The van der Waals surface area contributed by atoms with Gasteiger partial charge in [0.05, 0.1) is 6.26 Å². The van der Waals surface area contributed by atoms with Gasteiger partial charge in [0, 0.05) is 25.0 Å². The number of amides is 1. The van der Waals surface area contributed by atoms with Gasteiger partial charge >= 0.3 is 0 Å². The van der Waals surface area contributed by atoms with Crippen molar-refractivity contribution in [3.05, 3.63) is 35.4 Å². The summed E-state index contributed by atoms with van der Waals surface area (Å²) in [5.41, 5.74) is 1.76. The molecular weight excluding hydrogens is 300 g/mol. The van der Waals surface area contributed by atoms with Crippen LogP contribution in [0.25, 0.3) is 0 Å². The van der Waals surface area contributed by atoms with E-state index >= 15 is 0 Å². The van der Waals surface area contributed by atoms with Crippen molar-refractivity contribution < 1.29 is 13.2 Å². The van der Waals surface area contributed by atoms with Crippen molar-refractivity contribution >= 4 is 15.9 Å². The highest BCUT2D eigenvalue weighted by Crippen LogP contribution is 2.32. The number of benzene rings is 1. The van der Waals surface area contributed by atoms with Crippen molar-refractivity contribution in [2.75, 3.05) is 19.3 Å². The Morgan fingerprint density at radius 3 is 2.27 bits per heavy atom. The van der Waals surface area contributed by atoms with Gasteiger partial charge in [-0.3, -0.25) is 4.79 Å². The van der Waals surface area contributed by atoms with Gasteiger partial charge in [-0.25, -0.2) is 12.7 Å². The fourth-order valence-corrected chi connectivity index (χ4v) is 3.49. The first kappa shape index (κ1) is 17.0. The Morgan fingerprint density at radius 1 is 1.23 bits per heavy atom. The molecule has 1 heterocycles. The number of hydrogen-bond donors (Lipinski definition) is 1. The van der Waals surface area contributed by atoms with Crippen molar-refractivity contribution in [3.63, 3.8) is 0 Å². The topological polar surface area (TPSA) is 66.5 Å². The highest BCUT2D eigenvalue weighted by Gasteiger charge is 2.38. The first-order chi connectivity index (χ1) is 10.2. The van der Waals surface area contributed by atoms with Crippen LogP contribution in [0.3, 0.4) is 0 Å². The predicted octanol–water partition coefficient (Wildman–Crippen LogP) is 1.67. The number of carbonyl (C=O) groups is 1. The molecule has 1 amide bonds. The summed E-state index contributed by atoms with van der Waals surface area (Å²) in [6.07, 6.45) is 2.33. The maximum absolute atomic E-state index is 12.4. The molecule has 0 unspecified atom stereocenters. The second-order valence-corrected chi connectivity index (χ2v) is 8.37. The molecule has 22 heavy (non-hydrogen) atoms. The zero-order valence-electron chi connectivity index (χ0n) is 13.4. The van der Waals surface area contributed by atoms with Crippen molar-refractivity contribution in [2.24, 2.45) is 5.41 Å². The standard InChI is InChI=1S/C16H24N2O3S/c1-13-4-6-14(7-5-13)12-17-15(19)16(2)8-10-18(11-9-16)22(3,20)21/h4-7H,8-12H2,1-3H3,(H,17,19). The van der Waals surface area contributed by atoms with E-state index in [1.165, 1.54) is 16.1 Å². The molecule has 0 radical (unpaired) electrons. The molecular formula is C16H24N2O3S. The molecule has 6 heteroatoms. The molecule has 2 rings (SSSR count). The third-order valence-electron chi connectivity index (χ3n) is 4.42. The number of nitrogens with zero attached hydrogens (tertiary/aromatic N) is 1. The fourth-order valence-electron chi connectivity index (χ4n) is 2.64. The molecule has 5 nitrogen and oxygen atoms in total. The molecule has 1 aliphatic rings. The first-order valence-electron chi connectivity index (χ1n) is 7.50. The lowest BCUT2D eigenvalue weighted by Gasteiger charge is -2.37.